The Bertz CT molecular complexity index is 504. The number of nitrogens with one attached hydrogen (secondary N) is 1. The molecule has 1 atom stereocenters. The SMILES string of the molecule is C[C@@H]1CN(S(=O)(=O)N(C)Cc2ccccc2)CCN1. The maximum atomic E-state index is 12.5. The van der Waals surface area contributed by atoms with Crippen molar-refractivity contribution in [3.05, 3.63) is 35.9 Å². The lowest BCUT2D eigenvalue weighted by Gasteiger charge is -2.33. The molecule has 1 saturated heterocycles. The Hall–Kier alpha value is -0.950. The molecule has 0 unspecified atom stereocenters. The average Bonchev–Trinajstić information content (AvgIpc) is 2.40. The summed E-state index contributed by atoms with van der Waals surface area (Å²) in [6.07, 6.45) is 0. The first kappa shape index (κ1) is 14.5. The largest absolute Gasteiger partial charge is 0.312 e. The fraction of sp³-hybridized carbons (Fsp3) is 0.538. The van der Waals surface area contributed by atoms with Crippen molar-refractivity contribution in [1.29, 1.82) is 0 Å². The van der Waals surface area contributed by atoms with Crippen LogP contribution in [-0.2, 0) is 16.8 Å². The molecule has 0 aromatic heterocycles. The van der Waals surface area contributed by atoms with Crippen LogP contribution in [0.5, 0.6) is 0 Å². The highest BCUT2D eigenvalue weighted by atomic mass is 32.2. The lowest BCUT2D eigenvalue weighted by atomic mass is 10.2. The molecule has 1 aromatic rings. The number of rotatable bonds is 4. The molecule has 6 heteroatoms. The summed E-state index contributed by atoms with van der Waals surface area (Å²) in [5, 5.41) is 3.25. The van der Waals surface area contributed by atoms with Crippen LogP contribution < -0.4 is 5.32 Å². The zero-order valence-electron chi connectivity index (χ0n) is 11.4. The van der Waals surface area contributed by atoms with Gasteiger partial charge < -0.3 is 5.32 Å². The summed E-state index contributed by atoms with van der Waals surface area (Å²) in [4.78, 5) is 0. The van der Waals surface area contributed by atoms with Gasteiger partial charge in [-0.2, -0.15) is 17.0 Å². The Morgan fingerprint density at radius 3 is 2.68 bits per heavy atom. The average molecular weight is 283 g/mol. The van der Waals surface area contributed by atoms with Crippen LogP contribution >= 0.6 is 0 Å². The van der Waals surface area contributed by atoms with Crippen LogP contribution in [0.3, 0.4) is 0 Å². The molecule has 1 heterocycles. The first-order chi connectivity index (χ1) is 9.00. The molecule has 19 heavy (non-hydrogen) atoms. The van der Waals surface area contributed by atoms with Crippen molar-refractivity contribution >= 4 is 10.2 Å². The number of hydrogen-bond donors (Lipinski definition) is 1. The molecule has 0 radical (unpaired) electrons. The summed E-state index contributed by atoms with van der Waals surface area (Å²) in [5.74, 6) is 0. The molecule has 0 spiro atoms. The molecule has 1 aliphatic heterocycles. The predicted octanol–water partition coefficient (Wildman–Crippen LogP) is 0.657. The molecule has 0 saturated carbocycles. The van der Waals surface area contributed by atoms with E-state index in [-0.39, 0.29) is 6.04 Å². The van der Waals surface area contributed by atoms with E-state index >= 15 is 0 Å². The van der Waals surface area contributed by atoms with E-state index in [9.17, 15) is 8.42 Å². The topological polar surface area (TPSA) is 52.7 Å². The zero-order chi connectivity index (χ0) is 13.9. The van der Waals surface area contributed by atoms with E-state index in [1.54, 1.807) is 11.4 Å². The summed E-state index contributed by atoms with van der Waals surface area (Å²) >= 11 is 0. The van der Waals surface area contributed by atoms with E-state index in [1.165, 1.54) is 4.31 Å². The standard InChI is InChI=1S/C13H21N3O2S/c1-12-10-16(9-8-14-12)19(17,18)15(2)11-13-6-4-3-5-7-13/h3-7,12,14H,8-11H2,1-2H3/t12-/m1/s1. The second-order valence-electron chi connectivity index (χ2n) is 4.96. The third-order valence-corrected chi connectivity index (χ3v) is 5.20. The second-order valence-corrected chi connectivity index (χ2v) is 7.00. The quantitative estimate of drug-likeness (QED) is 0.883. The van der Waals surface area contributed by atoms with Gasteiger partial charge in [0.05, 0.1) is 0 Å². The van der Waals surface area contributed by atoms with Crippen LogP contribution in [0.4, 0.5) is 0 Å². The second kappa shape index (κ2) is 6.00. The Labute approximate surface area is 115 Å². The van der Waals surface area contributed by atoms with E-state index in [0.29, 0.717) is 26.2 Å². The van der Waals surface area contributed by atoms with Gasteiger partial charge >= 0.3 is 0 Å². The van der Waals surface area contributed by atoms with Crippen molar-refractivity contribution in [1.82, 2.24) is 13.9 Å². The first-order valence-corrected chi connectivity index (χ1v) is 7.88. The van der Waals surface area contributed by atoms with Crippen LogP contribution in [0.15, 0.2) is 30.3 Å². The molecular weight excluding hydrogens is 262 g/mol. The third kappa shape index (κ3) is 3.54. The molecule has 0 amide bonds. The number of benzene rings is 1. The van der Waals surface area contributed by atoms with Gasteiger partial charge in [-0.15, -0.1) is 0 Å². The van der Waals surface area contributed by atoms with Crippen molar-refractivity contribution < 1.29 is 8.42 Å². The van der Waals surface area contributed by atoms with Crippen molar-refractivity contribution in [2.45, 2.75) is 19.5 Å². The van der Waals surface area contributed by atoms with E-state index in [1.807, 2.05) is 37.3 Å². The van der Waals surface area contributed by atoms with E-state index < -0.39 is 10.2 Å². The first-order valence-electron chi connectivity index (χ1n) is 6.49. The summed E-state index contributed by atoms with van der Waals surface area (Å²) in [5.41, 5.74) is 0.997. The summed E-state index contributed by atoms with van der Waals surface area (Å²) in [7, 11) is -1.73. The molecule has 106 valence electrons. The van der Waals surface area contributed by atoms with Crippen molar-refractivity contribution in [2.75, 3.05) is 26.7 Å². The summed E-state index contributed by atoms with van der Waals surface area (Å²) < 4.78 is 27.9. The smallest absolute Gasteiger partial charge is 0.282 e. The Morgan fingerprint density at radius 1 is 1.37 bits per heavy atom. The number of hydrogen-bond acceptors (Lipinski definition) is 3. The summed E-state index contributed by atoms with van der Waals surface area (Å²) in [6.45, 7) is 4.17. The van der Waals surface area contributed by atoms with E-state index in [2.05, 4.69) is 5.32 Å². The van der Waals surface area contributed by atoms with Gasteiger partial charge in [0.25, 0.3) is 10.2 Å². The molecule has 1 N–H and O–H groups in total. The molecule has 1 fully saturated rings. The Kier molecular flexibility index (Phi) is 4.57. The molecule has 2 rings (SSSR count). The van der Waals surface area contributed by atoms with Gasteiger partial charge in [-0.3, -0.25) is 0 Å². The van der Waals surface area contributed by atoms with Gasteiger partial charge in [0, 0.05) is 39.3 Å². The number of piperazine rings is 1. The highest BCUT2D eigenvalue weighted by Gasteiger charge is 2.30. The zero-order valence-corrected chi connectivity index (χ0v) is 12.2. The van der Waals surface area contributed by atoms with Gasteiger partial charge in [-0.25, -0.2) is 0 Å². The fourth-order valence-electron chi connectivity index (χ4n) is 2.23. The van der Waals surface area contributed by atoms with Crippen LogP contribution in [0.2, 0.25) is 0 Å². The molecular formula is C13H21N3O2S. The maximum absolute atomic E-state index is 12.5. The van der Waals surface area contributed by atoms with Crippen LogP contribution in [0.25, 0.3) is 0 Å². The van der Waals surface area contributed by atoms with Crippen LogP contribution in [-0.4, -0.2) is 49.8 Å². The molecule has 5 nitrogen and oxygen atoms in total. The van der Waals surface area contributed by atoms with Gasteiger partial charge in [0.15, 0.2) is 0 Å². The van der Waals surface area contributed by atoms with Gasteiger partial charge in [-0.05, 0) is 12.5 Å². The van der Waals surface area contributed by atoms with Gasteiger partial charge in [0.2, 0.25) is 0 Å². The van der Waals surface area contributed by atoms with Crippen molar-refractivity contribution in [2.24, 2.45) is 0 Å². The molecule has 1 aromatic carbocycles. The highest BCUT2D eigenvalue weighted by molar-refractivity contribution is 7.86. The van der Waals surface area contributed by atoms with Crippen LogP contribution in [0, 0.1) is 0 Å². The minimum Gasteiger partial charge on any atom is -0.312 e. The minimum absolute atomic E-state index is 0.202. The highest BCUT2D eigenvalue weighted by Crippen LogP contribution is 2.13. The van der Waals surface area contributed by atoms with Crippen molar-refractivity contribution in [3.63, 3.8) is 0 Å². The lowest BCUT2D eigenvalue weighted by molar-refractivity contribution is 0.287. The lowest BCUT2D eigenvalue weighted by Crippen LogP contribution is -2.54. The van der Waals surface area contributed by atoms with E-state index in [4.69, 9.17) is 0 Å². The number of nitrogens with zero attached hydrogens (tertiary/aromatic N) is 2. The Morgan fingerprint density at radius 2 is 2.05 bits per heavy atom. The van der Waals surface area contributed by atoms with Crippen LogP contribution in [0.1, 0.15) is 12.5 Å². The van der Waals surface area contributed by atoms with Gasteiger partial charge in [0.1, 0.15) is 0 Å². The molecule has 0 aliphatic carbocycles. The monoisotopic (exact) mass is 283 g/mol. The molecule has 1 aliphatic rings. The minimum atomic E-state index is -3.37. The van der Waals surface area contributed by atoms with Gasteiger partial charge in [-0.1, -0.05) is 30.3 Å². The van der Waals surface area contributed by atoms with Crippen molar-refractivity contribution in [3.8, 4) is 0 Å². The maximum Gasteiger partial charge on any atom is 0.282 e. The normalized spacial score (nSPS) is 21.7. The fourth-order valence-corrected chi connectivity index (χ4v) is 3.67. The Balaban J connectivity index is 2.06. The van der Waals surface area contributed by atoms with E-state index in [0.717, 1.165) is 5.56 Å². The summed E-state index contributed by atoms with van der Waals surface area (Å²) in [6, 6.07) is 9.84. The predicted molar refractivity (Wildman–Crippen MR) is 75.9 cm³/mol. The third-order valence-electron chi connectivity index (χ3n) is 3.30. The molecule has 0 bridgehead atoms.